The van der Waals surface area contributed by atoms with Crippen molar-refractivity contribution in [3.63, 3.8) is 0 Å². The predicted molar refractivity (Wildman–Crippen MR) is 79.7 cm³/mol. The summed E-state index contributed by atoms with van der Waals surface area (Å²) in [6, 6.07) is 1.87. The lowest BCUT2D eigenvalue weighted by molar-refractivity contribution is 0.0592. The van der Waals surface area contributed by atoms with E-state index in [0.717, 1.165) is 34.3 Å². The first kappa shape index (κ1) is 14.1. The fourth-order valence-electron chi connectivity index (χ4n) is 2.27. The Kier molecular flexibility index (Phi) is 3.94. The maximum atomic E-state index is 12.0. The average molecular weight is 349 g/mol. The number of nitrogens with zero attached hydrogens (tertiary/aromatic N) is 3. The first-order chi connectivity index (χ1) is 10.2. The number of hydrogen-bond acceptors (Lipinski definition) is 6. The molecular weight excluding hydrogens is 336 g/mol. The Labute approximate surface area is 130 Å². The molecule has 3 rings (SSSR count). The molecule has 0 bridgehead atoms. The third-order valence-corrected chi connectivity index (χ3v) is 3.71. The summed E-state index contributed by atoms with van der Waals surface area (Å²) in [5.41, 5.74) is 2.79. The van der Waals surface area contributed by atoms with Crippen LogP contribution in [0.5, 0.6) is 0 Å². The molecule has 0 unspecified atom stereocenters. The van der Waals surface area contributed by atoms with E-state index in [1.54, 1.807) is 12.4 Å². The first-order valence-corrected chi connectivity index (χ1v) is 7.28. The number of carbonyl (C=O) groups excluding carboxylic acids is 1. The second-order valence-electron chi connectivity index (χ2n) is 4.63. The third kappa shape index (κ3) is 2.79. The van der Waals surface area contributed by atoms with E-state index < -0.39 is 5.97 Å². The lowest BCUT2D eigenvalue weighted by Crippen LogP contribution is -2.28. The van der Waals surface area contributed by atoms with Crippen LogP contribution in [-0.2, 0) is 17.7 Å². The van der Waals surface area contributed by atoms with Gasteiger partial charge in [-0.2, -0.15) is 0 Å². The molecule has 0 aliphatic carbocycles. The Morgan fingerprint density at radius 3 is 3.00 bits per heavy atom. The van der Waals surface area contributed by atoms with Crippen LogP contribution < -0.4 is 5.32 Å². The van der Waals surface area contributed by atoms with E-state index in [0.29, 0.717) is 18.1 Å². The molecule has 1 N–H and O–H groups in total. The average Bonchev–Trinajstić information content (AvgIpc) is 2.53. The molecule has 1 aliphatic rings. The van der Waals surface area contributed by atoms with Gasteiger partial charge < -0.3 is 10.1 Å². The summed E-state index contributed by atoms with van der Waals surface area (Å²) in [6.07, 6.45) is 4.12. The van der Waals surface area contributed by atoms with Gasteiger partial charge in [0.25, 0.3) is 0 Å². The molecule has 0 atom stereocenters. The zero-order chi connectivity index (χ0) is 14.8. The number of ether oxygens (including phenoxy) is 1. The molecule has 0 aromatic carbocycles. The molecule has 108 valence electrons. The minimum atomic E-state index is -0.443. The highest BCUT2D eigenvalue weighted by atomic mass is 79.9. The molecule has 0 amide bonds. The van der Waals surface area contributed by atoms with Crippen molar-refractivity contribution in [2.45, 2.75) is 13.0 Å². The fraction of sp³-hybridized carbons (Fsp3) is 0.286. The van der Waals surface area contributed by atoms with E-state index in [9.17, 15) is 4.79 Å². The molecular formula is C14H13BrN4O2. The van der Waals surface area contributed by atoms with Crippen LogP contribution in [0.15, 0.2) is 22.9 Å². The van der Waals surface area contributed by atoms with Crippen molar-refractivity contribution < 1.29 is 9.53 Å². The minimum absolute atomic E-state index is 0.324. The van der Waals surface area contributed by atoms with Gasteiger partial charge in [0.2, 0.25) is 0 Å². The summed E-state index contributed by atoms with van der Waals surface area (Å²) in [4.78, 5) is 25.0. The van der Waals surface area contributed by atoms with E-state index >= 15 is 0 Å². The quantitative estimate of drug-likeness (QED) is 0.833. The topological polar surface area (TPSA) is 77.0 Å². The fourth-order valence-corrected chi connectivity index (χ4v) is 2.64. The normalized spacial score (nSPS) is 13.6. The van der Waals surface area contributed by atoms with Gasteiger partial charge in [-0.15, -0.1) is 0 Å². The highest BCUT2D eigenvalue weighted by molar-refractivity contribution is 9.10. The van der Waals surface area contributed by atoms with E-state index in [-0.39, 0.29) is 0 Å². The number of rotatable bonds is 2. The summed E-state index contributed by atoms with van der Waals surface area (Å²) in [7, 11) is 1.35. The van der Waals surface area contributed by atoms with Crippen molar-refractivity contribution in [3.05, 3.63) is 39.9 Å². The summed E-state index contributed by atoms with van der Waals surface area (Å²) in [5, 5.41) is 3.22. The number of nitrogens with one attached hydrogen (secondary N) is 1. The molecule has 1 aliphatic heterocycles. The molecule has 0 saturated heterocycles. The van der Waals surface area contributed by atoms with Gasteiger partial charge in [-0.25, -0.2) is 14.8 Å². The Morgan fingerprint density at radius 1 is 1.38 bits per heavy atom. The molecule has 7 heteroatoms. The molecule has 3 heterocycles. The molecule has 0 spiro atoms. The third-order valence-electron chi connectivity index (χ3n) is 3.27. The highest BCUT2D eigenvalue weighted by Gasteiger charge is 2.23. The molecule has 2 aromatic heterocycles. The van der Waals surface area contributed by atoms with Gasteiger partial charge in [0.1, 0.15) is 0 Å². The van der Waals surface area contributed by atoms with Crippen molar-refractivity contribution in [1.82, 2.24) is 20.3 Å². The predicted octanol–water partition coefficient (Wildman–Crippen LogP) is 1.73. The number of halogens is 1. The molecule has 0 fully saturated rings. The van der Waals surface area contributed by atoms with Crippen LogP contribution in [-0.4, -0.2) is 34.6 Å². The lowest BCUT2D eigenvalue weighted by Gasteiger charge is -2.19. The molecule has 0 saturated carbocycles. The number of fused-ring (bicyclic) bond motifs is 1. The van der Waals surface area contributed by atoms with Gasteiger partial charge in [-0.05, 0) is 22.0 Å². The Balaban J connectivity index is 2.16. The van der Waals surface area contributed by atoms with Gasteiger partial charge in [-0.1, -0.05) is 0 Å². The molecule has 0 radical (unpaired) electrons. The SMILES string of the molecule is COC(=O)c1nc(-c2cncc(Br)c2)nc2c1CNCC2. The minimum Gasteiger partial charge on any atom is -0.464 e. The van der Waals surface area contributed by atoms with Crippen LogP contribution in [0.25, 0.3) is 11.4 Å². The standard InChI is InChI=1S/C14H13BrN4O2/c1-21-14(20)12-10-7-16-3-2-11(10)18-13(19-12)8-4-9(15)6-17-5-8/h4-6,16H,2-3,7H2,1H3. The maximum absolute atomic E-state index is 12.0. The largest absolute Gasteiger partial charge is 0.464 e. The van der Waals surface area contributed by atoms with Crippen LogP contribution in [0.2, 0.25) is 0 Å². The maximum Gasteiger partial charge on any atom is 0.357 e. The van der Waals surface area contributed by atoms with Crippen molar-refractivity contribution in [2.24, 2.45) is 0 Å². The summed E-state index contributed by atoms with van der Waals surface area (Å²) in [6.45, 7) is 1.41. The zero-order valence-corrected chi connectivity index (χ0v) is 13.0. The second-order valence-corrected chi connectivity index (χ2v) is 5.55. The van der Waals surface area contributed by atoms with Gasteiger partial charge in [-0.3, -0.25) is 4.98 Å². The monoisotopic (exact) mass is 348 g/mol. The van der Waals surface area contributed by atoms with Crippen LogP contribution in [0.4, 0.5) is 0 Å². The summed E-state index contributed by atoms with van der Waals surface area (Å²) < 4.78 is 5.67. The number of aromatic nitrogens is 3. The summed E-state index contributed by atoms with van der Waals surface area (Å²) in [5.74, 6) is 0.0476. The van der Waals surface area contributed by atoms with Gasteiger partial charge in [0.15, 0.2) is 11.5 Å². The van der Waals surface area contributed by atoms with Crippen LogP contribution in [0, 0.1) is 0 Å². The van der Waals surface area contributed by atoms with Crippen LogP contribution >= 0.6 is 15.9 Å². The number of esters is 1. The first-order valence-electron chi connectivity index (χ1n) is 6.49. The number of hydrogen-bond donors (Lipinski definition) is 1. The molecule has 21 heavy (non-hydrogen) atoms. The van der Waals surface area contributed by atoms with Crippen molar-refractivity contribution in [2.75, 3.05) is 13.7 Å². The Hall–Kier alpha value is -1.86. The van der Waals surface area contributed by atoms with E-state index in [4.69, 9.17) is 4.74 Å². The van der Waals surface area contributed by atoms with E-state index in [1.807, 2.05) is 6.07 Å². The molecule has 6 nitrogen and oxygen atoms in total. The van der Waals surface area contributed by atoms with Gasteiger partial charge >= 0.3 is 5.97 Å². The van der Waals surface area contributed by atoms with E-state index in [1.165, 1.54) is 7.11 Å². The van der Waals surface area contributed by atoms with Gasteiger partial charge in [0, 0.05) is 47.5 Å². The van der Waals surface area contributed by atoms with Crippen molar-refractivity contribution >= 4 is 21.9 Å². The Morgan fingerprint density at radius 2 is 2.24 bits per heavy atom. The zero-order valence-electron chi connectivity index (χ0n) is 11.4. The number of carbonyl (C=O) groups is 1. The van der Waals surface area contributed by atoms with E-state index in [2.05, 4.69) is 36.2 Å². The molecule has 2 aromatic rings. The van der Waals surface area contributed by atoms with Crippen LogP contribution in [0.1, 0.15) is 21.7 Å². The van der Waals surface area contributed by atoms with Crippen molar-refractivity contribution in [3.8, 4) is 11.4 Å². The van der Waals surface area contributed by atoms with Crippen molar-refractivity contribution in [1.29, 1.82) is 0 Å². The van der Waals surface area contributed by atoms with Crippen LogP contribution in [0.3, 0.4) is 0 Å². The smallest absolute Gasteiger partial charge is 0.357 e. The van der Waals surface area contributed by atoms with Gasteiger partial charge in [0.05, 0.1) is 12.8 Å². The lowest BCUT2D eigenvalue weighted by atomic mass is 10.0. The summed E-state index contributed by atoms with van der Waals surface area (Å²) >= 11 is 3.38. The number of methoxy groups -OCH3 is 1. The number of pyridine rings is 1. The Bertz CT molecular complexity index is 705. The second kappa shape index (κ2) is 5.87. The highest BCUT2D eigenvalue weighted by Crippen LogP contribution is 2.23.